The first kappa shape index (κ1) is 22.1. The van der Waals surface area contributed by atoms with Crippen LogP contribution in [0, 0.1) is 0 Å². The first-order valence-electron chi connectivity index (χ1n) is 11.5. The van der Waals surface area contributed by atoms with E-state index in [1.807, 2.05) is 18.2 Å². The smallest absolute Gasteiger partial charge is 0.264 e. The summed E-state index contributed by atoms with van der Waals surface area (Å²) in [6.45, 7) is 5.69. The van der Waals surface area contributed by atoms with Gasteiger partial charge < -0.3 is 31.3 Å². The van der Waals surface area contributed by atoms with E-state index in [0.717, 1.165) is 41.8 Å². The Bertz CT molecular complexity index is 1150. The second-order valence-electron chi connectivity index (χ2n) is 8.29. The van der Waals surface area contributed by atoms with E-state index in [1.165, 1.54) is 11.3 Å². The lowest BCUT2D eigenvalue weighted by Gasteiger charge is -2.29. The van der Waals surface area contributed by atoms with Crippen LogP contribution in [0.5, 0.6) is 0 Å². The maximum absolute atomic E-state index is 13.4. The van der Waals surface area contributed by atoms with E-state index in [1.54, 1.807) is 0 Å². The molecule has 2 aliphatic rings. The summed E-state index contributed by atoms with van der Waals surface area (Å²) in [5.41, 5.74) is 7.72. The highest BCUT2D eigenvalue weighted by atomic mass is 32.1. The summed E-state index contributed by atoms with van der Waals surface area (Å²) in [5.74, 6) is 1.16. The van der Waals surface area contributed by atoms with Gasteiger partial charge in [0.15, 0.2) is 0 Å². The fourth-order valence-corrected chi connectivity index (χ4v) is 5.30. The Morgan fingerprint density at radius 1 is 1.27 bits per heavy atom. The van der Waals surface area contributed by atoms with Crippen LogP contribution in [-0.4, -0.2) is 73.5 Å². The number of morpholine rings is 1. The van der Waals surface area contributed by atoms with Crippen LogP contribution in [0.3, 0.4) is 0 Å². The maximum Gasteiger partial charge on any atom is 0.264 e. The molecule has 11 heteroatoms. The molecule has 0 spiro atoms. The molecule has 1 unspecified atom stereocenters. The molecule has 2 aromatic heterocycles. The van der Waals surface area contributed by atoms with Gasteiger partial charge in [-0.15, -0.1) is 11.3 Å². The van der Waals surface area contributed by atoms with Crippen molar-refractivity contribution in [3.05, 3.63) is 28.6 Å². The molecule has 0 bridgehead atoms. The average molecular weight is 471 g/mol. The molecule has 0 radical (unpaired) electrons. The molecule has 0 amide bonds. The molecular weight excluding hydrogens is 440 g/mol. The summed E-state index contributed by atoms with van der Waals surface area (Å²) in [7, 11) is 0. The van der Waals surface area contributed by atoms with Gasteiger partial charge in [-0.3, -0.25) is 9.78 Å². The number of hydrogen-bond acceptors (Lipinski definition) is 10. The van der Waals surface area contributed by atoms with Gasteiger partial charge >= 0.3 is 0 Å². The fourth-order valence-electron chi connectivity index (χ4n) is 4.26. The third-order valence-electron chi connectivity index (χ3n) is 5.95. The molecule has 1 aromatic carbocycles. The van der Waals surface area contributed by atoms with E-state index < -0.39 is 0 Å². The van der Waals surface area contributed by atoms with E-state index >= 15 is 0 Å². The summed E-state index contributed by atoms with van der Waals surface area (Å²) in [5, 5.41) is 10.9. The number of rotatable bonds is 7. The zero-order valence-corrected chi connectivity index (χ0v) is 19.3. The lowest BCUT2D eigenvalue weighted by molar-refractivity contribution is 0.122. The highest BCUT2D eigenvalue weighted by molar-refractivity contribution is 7.21. The molecule has 33 heavy (non-hydrogen) atoms. The van der Waals surface area contributed by atoms with Gasteiger partial charge in [-0.2, -0.15) is 4.98 Å². The van der Waals surface area contributed by atoms with E-state index in [9.17, 15) is 4.79 Å². The summed E-state index contributed by atoms with van der Waals surface area (Å²) >= 11 is 1.50. The van der Waals surface area contributed by atoms with Crippen LogP contribution in [0.15, 0.2) is 23.0 Å². The van der Waals surface area contributed by atoms with Gasteiger partial charge in [-0.1, -0.05) is 6.07 Å². The minimum Gasteiger partial charge on any atom is -0.382 e. The number of para-hydroxylation sites is 1. The van der Waals surface area contributed by atoms with E-state index in [4.69, 9.17) is 20.4 Å². The zero-order valence-electron chi connectivity index (χ0n) is 18.5. The van der Waals surface area contributed by atoms with Crippen molar-refractivity contribution in [2.45, 2.75) is 18.9 Å². The number of thiazole rings is 1. The molecule has 0 aliphatic carbocycles. The van der Waals surface area contributed by atoms with Crippen LogP contribution in [-0.2, 0) is 4.74 Å². The summed E-state index contributed by atoms with van der Waals surface area (Å²) in [6, 6.07) is 6.20. The minimum absolute atomic E-state index is 0.187. The van der Waals surface area contributed by atoms with Crippen molar-refractivity contribution in [1.82, 2.24) is 20.3 Å². The molecule has 1 atom stereocenters. The fraction of sp³-hybridized carbons (Fsp3) is 0.500. The van der Waals surface area contributed by atoms with Crippen LogP contribution < -0.4 is 32.1 Å². The summed E-state index contributed by atoms with van der Waals surface area (Å²) in [6.07, 6.45) is 2.12. The third-order valence-corrected chi connectivity index (χ3v) is 6.99. The molecule has 5 rings (SSSR count). The average Bonchev–Trinajstić information content (AvgIpc) is 3.28. The monoisotopic (exact) mass is 470 g/mol. The SMILES string of the molecule is NCCNc1cccc2sc(-c3c(NC4CCCNC4)nc(N4CCOCC4)[nH]c3=O)nc12. The Hall–Kier alpha value is -2.73. The quantitative estimate of drug-likeness (QED) is 0.348. The number of H-pyrrole nitrogens is 1. The molecule has 10 nitrogen and oxygen atoms in total. The first-order chi connectivity index (χ1) is 16.2. The lowest BCUT2D eigenvalue weighted by Crippen LogP contribution is -2.40. The second-order valence-corrected chi connectivity index (χ2v) is 9.32. The number of aromatic nitrogens is 3. The largest absolute Gasteiger partial charge is 0.382 e. The number of nitrogens with two attached hydrogens (primary N) is 1. The predicted octanol–water partition coefficient (Wildman–Crippen LogP) is 1.42. The van der Waals surface area contributed by atoms with Crippen molar-refractivity contribution in [3.8, 4) is 10.6 Å². The van der Waals surface area contributed by atoms with E-state index in [-0.39, 0.29) is 11.6 Å². The Kier molecular flexibility index (Phi) is 6.72. The molecule has 3 aromatic rings. The van der Waals surface area contributed by atoms with Crippen molar-refractivity contribution in [3.63, 3.8) is 0 Å². The van der Waals surface area contributed by atoms with Crippen LogP contribution >= 0.6 is 11.3 Å². The number of aromatic amines is 1. The third kappa shape index (κ3) is 4.81. The van der Waals surface area contributed by atoms with Gasteiger partial charge in [0.1, 0.15) is 21.9 Å². The molecule has 4 heterocycles. The van der Waals surface area contributed by atoms with Gasteiger partial charge in [0, 0.05) is 38.8 Å². The van der Waals surface area contributed by atoms with Crippen molar-refractivity contribution in [1.29, 1.82) is 0 Å². The van der Waals surface area contributed by atoms with Crippen LogP contribution in [0.25, 0.3) is 20.8 Å². The molecule has 0 saturated carbocycles. The number of nitrogens with one attached hydrogen (secondary N) is 4. The molecule has 2 fully saturated rings. The highest BCUT2D eigenvalue weighted by Gasteiger charge is 2.24. The predicted molar refractivity (Wildman–Crippen MR) is 134 cm³/mol. The number of ether oxygens (including phenoxy) is 1. The molecule has 6 N–H and O–H groups in total. The van der Waals surface area contributed by atoms with Gasteiger partial charge in [0.05, 0.1) is 23.6 Å². The molecular formula is C22H30N8O2S. The number of anilines is 3. The summed E-state index contributed by atoms with van der Waals surface area (Å²) in [4.78, 5) is 28.2. The minimum atomic E-state index is -0.187. The first-order valence-corrected chi connectivity index (χ1v) is 12.3. The number of benzene rings is 1. The topological polar surface area (TPSA) is 133 Å². The van der Waals surface area contributed by atoms with Crippen molar-refractivity contribution >= 4 is 39.0 Å². The van der Waals surface area contributed by atoms with Crippen LogP contribution in [0.2, 0.25) is 0 Å². The Morgan fingerprint density at radius 3 is 2.94 bits per heavy atom. The number of piperidine rings is 1. The zero-order chi connectivity index (χ0) is 22.6. The Morgan fingerprint density at radius 2 is 2.15 bits per heavy atom. The lowest BCUT2D eigenvalue weighted by atomic mass is 10.1. The normalized spacial score (nSPS) is 19.1. The van der Waals surface area contributed by atoms with Gasteiger partial charge in [-0.05, 0) is 31.5 Å². The molecule has 2 saturated heterocycles. The molecule has 2 aliphatic heterocycles. The molecule has 176 valence electrons. The highest BCUT2D eigenvalue weighted by Crippen LogP contribution is 2.35. The standard InChI is InChI=1S/C22H30N8O2S/c23-6-8-25-15-4-1-5-16-18(15)27-21(33-16)17-19(26-14-3-2-7-24-13-14)28-22(29-20(17)31)30-9-11-32-12-10-30/h1,4-5,14,24-25H,2-3,6-13,23H2,(H2,26,28,29,31). The van der Waals surface area contributed by atoms with Gasteiger partial charge in [0.2, 0.25) is 5.95 Å². The summed E-state index contributed by atoms with van der Waals surface area (Å²) < 4.78 is 6.47. The second kappa shape index (κ2) is 10.0. The number of hydrogen-bond donors (Lipinski definition) is 5. The van der Waals surface area contributed by atoms with Gasteiger partial charge in [-0.25, -0.2) is 4.98 Å². The van der Waals surface area contributed by atoms with E-state index in [2.05, 4.69) is 25.8 Å². The maximum atomic E-state index is 13.4. The Balaban J connectivity index is 1.57. The Labute approximate surface area is 195 Å². The number of fused-ring (bicyclic) bond motifs is 1. The number of nitrogens with zero attached hydrogens (tertiary/aromatic N) is 3. The van der Waals surface area contributed by atoms with Crippen LogP contribution in [0.4, 0.5) is 17.5 Å². The van der Waals surface area contributed by atoms with Crippen molar-refractivity contribution in [2.75, 3.05) is 68.0 Å². The van der Waals surface area contributed by atoms with Gasteiger partial charge in [0.25, 0.3) is 5.56 Å². The van der Waals surface area contributed by atoms with Crippen LogP contribution in [0.1, 0.15) is 12.8 Å². The van der Waals surface area contributed by atoms with E-state index in [0.29, 0.717) is 61.7 Å². The van der Waals surface area contributed by atoms with Crippen molar-refractivity contribution < 1.29 is 4.74 Å². The van der Waals surface area contributed by atoms with Crippen molar-refractivity contribution in [2.24, 2.45) is 5.73 Å².